The molecule has 0 fully saturated rings. The van der Waals surface area contributed by atoms with Crippen LogP contribution in [-0.4, -0.2) is 18.0 Å². The molecular formula is C9H9FN2O4. The number of hydrogen-bond donors (Lipinski definition) is 1. The lowest BCUT2D eigenvalue weighted by atomic mass is 10.1. The van der Waals surface area contributed by atoms with Gasteiger partial charge in [0, 0.05) is 6.07 Å². The Balaban J connectivity index is 3.12. The molecule has 1 aromatic carbocycles. The van der Waals surface area contributed by atoms with Gasteiger partial charge in [0.25, 0.3) is 0 Å². The first-order valence-electron chi connectivity index (χ1n) is 4.24. The molecule has 0 aromatic heterocycles. The van der Waals surface area contributed by atoms with Crippen LogP contribution in [0.15, 0.2) is 18.2 Å². The molecule has 86 valence electrons. The molecule has 0 bridgehead atoms. The first-order chi connectivity index (χ1) is 7.47. The van der Waals surface area contributed by atoms with Gasteiger partial charge in [0.1, 0.15) is 6.04 Å². The van der Waals surface area contributed by atoms with Crippen LogP contribution in [0.4, 0.5) is 10.1 Å². The summed E-state index contributed by atoms with van der Waals surface area (Å²) in [7, 11) is 1.14. The van der Waals surface area contributed by atoms with Crippen LogP contribution >= 0.6 is 0 Å². The van der Waals surface area contributed by atoms with Crippen molar-refractivity contribution in [2.24, 2.45) is 5.73 Å². The summed E-state index contributed by atoms with van der Waals surface area (Å²) in [5.74, 6) is -1.73. The molecule has 0 spiro atoms. The highest BCUT2D eigenvalue weighted by Gasteiger charge is 2.21. The van der Waals surface area contributed by atoms with Gasteiger partial charge in [0.15, 0.2) is 0 Å². The number of rotatable bonds is 3. The van der Waals surface area contributed by atoms with Gasteiger partial charge in [-0.25, -0.2) is 0 Å². The first-order valence-corrected chi connectivity index (χ1v) is 4.24. The number of nitrogens with two attached hydrogens (primary N) is 1. The van der Waals surface area contributed by atoms with Crippen LogP contribution in [0.1, 0.15) is 11.6 Å². The number of benzene rings is 1. The van der Waals surface area contributed by atoms with Crippen molar-refractivity contribution in [1.29, 1.82) is 0 Å². The number of nitro groups is 1. The lowest BCUT2D eigenvalue weighted by Gasteiger charge is -2.09. The van der Waals surface area contributed by atoms with Crippen LogP contribution in [0.3, 0.4) is 0 Å². The fourth-order valence-corrected chi connectivity index (χ4v) is 1.13. The highest BCUT2D eigenvalue weighted by Crippen LogP contribution is 2.22. The van der Waals surface area contributed by atoms with Crippen LogP contribution in [0, 0.1) is 15.9 Å². The summed E-state index contributed by atoms with van der Waals surface area (Å²) >= 11 is 0. The van der Waals surface area contributed by atoms with E-state index < -0.39 is 28.4 Å². The zero-order valence-corrected chi connectivity index (χ0v) is 8.34. The van der Waals surface area contributed by atoms with Crippen molar-refractivity contribution in [3.8, 4) is 0 Å². The molecule has 6 nitrogen and oxygen atoms in total. The molecule has 7 heteroatoms. The Morgan fingerprint density at radius 3 is 2.75 bits per heavy atom. The van der Waals surface area contributed by atoms with Gasteiger partial charge in [0.2, 0.25) is 5.82 Å². The lowest BCUT2D eigenvalue weighted by molar-refractivity contribution is -0.387. The molecular weight excluding hydrogens is 219 g/mol. The Kier molecular flexibility index (Phi) is 3.51. The zero-order chi connectivity index (χ0) is 12.3. The average Bonchev–Trinajstić information content (AvgIpc) is 2.27. The molecule has 0 aliphatic rings. The highest BCUT2D eigenvalue weighted by atomic mass is 19.1. The second-order valence-corrected chi connectivity index (χ2v) is 2.97. The summed E-state index contributed by atoms with van der Waals surface area (Å²) < 4.78 is 17.3. The molecule has 2 N–H and O–H groups in total. The Morgan fingerprint density at radius 2 is 2.25 bits per heavy atom. The number of methoxy groups -OCH3 is 1. The van der Waals surface area contributed by atoms with Crippen LogP contribution in [0.25, 0.3) is 0 Å². The maximum absolute atomic E-state index is 13.0. The van der Waals surface area contributed by atoms with Gasteiger partial charge in [-0.05, 0) is 11.6 Å². The Bertz CT molecular complexity index is 436. The third kappa shape index (κ3) is 2.31. The summed E-state index contributed by atoms with van der Waals surface area (Å²) in [5, 5.41) is 10.4. The van der Waals surface area contributed by atoms with Gasteiger partial charge < -0.3 is 10.5 Å². The maximum atomic E-state index is 13.0. The fraction of sp³-hybridized carbons (Fsp3) is 0.222. The molecule has 0 amide bonds. The normalized spacial score (nSPS) is 11.9. The van der Waals surface area contributed by atoms with E-state index in [1.807, 2.05) is 0 Å². The van der Waals surface area contributed by atoms with Crippen molar-refractivity contribution >= 4 is 11.7 Å². The summed E-state index contributed by atoms with van der Waals surface area (Å²) in [4.78, 5) is 20.6. The van der Waals surface area contributed by atoms with Crippen molar-refractivity contribution in [1.82, 2.24) is 0 Å². The van der Waals surface area contributed by atoms with E-state index in [0.29, 0.717) is 0 Å². The summed E-state index contributed by atoms with van der Waals surface area (Å²) in [6.07, 6.45) is 0. The SMILES string of the molecule is COC(=O)[C@H](N)c1ccc(F)c([N+](=O)[O-])c1. The minimum Gasteiger partial charge on any atom is -0.468 e. The number of carbonyl (C=O) groups excluding carboxylic acids is 1. The smallest absolute Gasteiger partial charge is 0.327 e. The molecule has 0 radical (unpaired) electrons. The standard InChI is InChI=1S/C9H9FN2O4/c1-16-9(13)8(11)5-2-3-6(10)7(4-5)12(14)15/h2-4,8H,11H2,1H3/t8-/m1/s1. The quantitative estimate of drug-likeness (QED) is 0.471. The van der Waals surface area contributed by atoms with E-state index >= 15 is 0 Å². The van der Waals surface area contributed by atoms with Gasteiger partial charge >= 0.3 is 11.7 Å². The van der Waals surface area contributed by atoms with Crippen molar-refractivity contribution in [3.63, 3.8) is 0 Å². The first kappa shape index (κ1) is 12.1. The molecule has 16 heavy (non-hydrogen) atoms. The van der Waals surface area contributed by atoms with Crippen molar-refractivity contribution in [2.45, 2.75) is 6.04 Å². The second-order valence-electron chi connectivity index (χ2n) is 2.97. The fourth-order valence-electron chi connectivity index (χ4n) is 1.13. The second kappa shape index (κ2) is 4.67. The molecule has 0 aliphatic heterocycles. The van der Waals surface area contributed by atoms with Crippen molar-refractivity contribution in [2.75, 3.05) is 7.11 Å². The van der Waals surface area contributed by atoms with E-state index in [2.05, 4.69) is 4.74 Å². The summed E-state index contributed by atoms with van der Waals surface area (Å²) in [5.41, 5.74) is 4.85. The van der Waals surface area contributed by atoms with E-state index in [1.165, 1.54) is 6.07 Å². The van der Waals surface area contributed by atoms with E-state index in [4.69, 9.17) is 5.73 Å². The van der Waals surface area contributed by atoms with Crippen LogP contribution in [-0.2, 0) is 9.53 Å². The van der Waals surface area contributed by atoms with Gasteiger partial charge in [-0.1, -0.05) is 6.07 Å². The van der Waals surface area contributed by atoms with E-state index in [9.17, 15) is 19.3 Å². The molecule has 1 atom stereocenters. The predicted octanol–water partition coefficient (Wildman–Crippen LogP) is 0.907. The van der Waals surface area contributed by atoms with Crippen LogP contribution in [0.2, 0.25) is 0 Å². The minimum absolute atomic E-state index is 0.125. The molecule has 1 rings (SSSR count). The van der Waals surface area contributed by atoms with Gasteiger partial charge in [-0.3, -0.25) is 14.9 Å². The number of nitro benzene ring substituents is 1. The minimum atomic E-state index is -1.16. The Morgan fingerprint density at radius 1 is 1.62 bits per heavy atom. The van der Waals surface area contributed by atoms with Crippen LogP contribution in [0.5, 0.6) is 0 Å². The third-order valence-corrected chi connectivity index (χ3v) is 1.98. The Labute approximate surface area is 90.0 Å². The summed E-state index contributed by atoms with van der Waals surface area (Å²) in [6.45, 7) is 0. The van der Waals surface area contributed by atoms with Crippen LogP contribution < -0.4 is 5.73 Å². The van der Waals surface area contributed by atoms with E-state index in [1.54, 1.807) is 0 Å². The number of esters is 1. The molecule has 0 unspecified atom stereocenters. The number of hydrogen-bond acceptors (Lipinski definition) is 5. The Hall–Kier alpha value is -2.02. The summed E-state index contributed by atoms with van der Waals surface area (Å²) in [6, 6.07) is 1.83. The predicted molar refractivity (Wildman–Crippen MR) is 52.0 cm³/mol. The molecule has 0 saturated heterocycles. The molecule has 0 heterocycles. The van der Waals surface area contributed by atoms with Gasteiger partial charge in [-0.15, -0.1) is 0 Å². The number of nitrogens with zero attached hydrogens (tertiary/aromatic N) is 1. The lowest BCUT2D eigenvalue weighted by Crippen LogP contribution is -2.22. The van der Waals surface area contributed by atoms with E-state index in [0.717, 1.165) is 19.2 Å². The molecule has 1 aromatic rings. The number of ether oxygens (including phenoxy) is 1. The largest absolute Gasteiger partial charge is 0.468 e. The third-order valence-electron chi connectivity index (χ3n) is 1.98. The number of halogens is 1. The van der Waals surface area contributed by atoms with Crippen molar-refractivity contribution in [3.05, 3.63) is 39.7 Å². The monoisotopic (exact) mass is 228 g/mol. The molecule has 0 aliphatic carbocycles. The van der Waals surface area contributed by atoms with Gasteiger partial charge in [0.05, 0.1) is 12.0 Å². The van der Waals surface area contributed by atoms with E-state index in [-0.39, 0.29) is 5.56 Å². The highest BCUT2D eigenvalue weighted by molar-refractivity contribution is 5.77. The topological polar surface area (TPSA) is 95.5 Å². The van der Waals surface area contributed by atoms with Gasteiger partial charge in [-0.2, -0.15) is 4.39 Å². The zero-order valence-electron chi connectivity index (χ0n) is 8.34. The molecule has 0 saturated carbocycles. The van der Waals surface area contributed by atoms with Crippen molar-refractivity contribution < 1.29 is 18.8 Å². The maximum Gasteiger partial charge on any atom is 0.327 e. The average molecular weight is 228 g/mol. The number of carbonyl (C=O) groups is 1.